The molecule has 0 aromatic heterocycles. The van der Waals surface area contributed by atoms with Crippen molar-refractivity contribution >= 4 is 6.72 Å². The van der Waals surface area contributed by atoms with Crippen LogP contribution >= 0.6 is 0 Å². The summed E-state index contributed by atoms with van der Waals surface area (Å²) < 4.78 is 0. The van der Waals surface area contributed by atoms with Gasteiger partial charge in [-0.05, 0) is 26.1 Å². The van der Waals surface area contributed by atoms with Crippen molar-refractivity contribution in [3.8, 4) is 0 Å². The first-order valence-corrected chi connectivity index (χ1v) is 3.13. The van der Waals surface area contributed by atoms with Gasteiger partial charge in [0, 0.05) is 5.70 Å². The van der Waals surface area contributed by atoms with Crippen LogP contribution in [0.4, 0.5) is 0 Å². The number of allylic oxidation sites excluding steroid dienone is 4. The predicted molar refractivity (Wildman–Crippen MR) is 42.7 cm³/mol. The van der Waals surface area contributed by atoms with Crippen LogP contribution in [0, 0.1) is 0 Å². The van der Waals surface area contributed by atoms with Gasteiger partial charge in [0.05, 0.1) is 0 Å². The third kappa shape index (κ3) is 3.71. The van der Waals surface area contributed by atoms with Crippen LogP contribution in [0.15, 0.2) is 28.9 Å². The van der Waals surface area contributed by atoms with Crippen LogP contribution in [0.2, 0.25) is 0 Å². The summed E-state index contributed by atoms with van der Waals surface area (Å²) in [7, 11) is 0. The minimum atomic E-state index is 0.952. The van der Waals surface area contributed by atoms with E-state index in [9.17, 15) is 0 Å². The molecule has 0 atom stereocenters. The summed E-state index contributed by atoms with van der Waals surface area (Å²) in [6, 6.07) is 0. The lowest BCUT2D eigenvalue weighted by Gasteiger charge is -1.89. The summed E-state index contributed by atoms with van der Waals surface area (Å²) in [5.41, 5.74) is 1.04. The van der Waals surface area contributed by atoms with Gasteiger partial charge in [-0.15, -0.1) is 0 Å². The zero-order valence-corrected chi connectivity index (χ0v) is 6.09. The highest BCUT2D eigenvalue weighted by molar-refractivity contribution is 5.29. The highest BCUT2D eigenvalue weighted by Crippen LogP contribution is 1.99. The average Bonchev–Trinajstić information content (AvgIpc) is 1.91. The van der Waals surface area contributed by atoms with Crippen LogP contribution in [0.1, 0.15) is 20.3 Å². The van der Waals surface area contributed by atoms with Crippen molar-refractivity contribution in [2.24, 2.45) is 4.99 Å². The van der Waals surface area contributed by atoms with Gasteiger partial charge in [0.1, 0.15) is 0 Å². The van der Waals surface area contributed by atoms with Crippen molar-refractivity contribution in [2.45, 2.75) is 20.3 Å². The second kappa shape index (κ2) is 5.29. The molecule has 0 aliphatic rings. The molecule has 0 amide bonds. The maximum absolute atomic E-state index is 3.80. The second-order valence-electron chi connectivity index (χ2n) is 1.70. The first-order chi connectivity index (χ1) is 4.35. The molecule has 0 rings (SSSR count). The predicted octanol–water partition coefficient (Wildman–Crippen LogP) is 2.56. The average molecular weight is 123 g/mol. The van der Waals surface area contributed by atoms with Gasteiger partial charge in [0.25, 0.3) is 0 Å². The Labute approximate surface area is 56.8 Å². The van der Waals surface area contributed by atoms with Gasteiger partial charge in [-0.25, -0.2) is 0 Å². The van der Waals surface area contributed by atoms with E-state index < -0.39 is 0 Å². The zero-order valence-electron chi connectivity index (χ0n) is 6.09. The molecular formula is C8H13N. The monoisotopic (exact) mass is 123 g/mol. The lowest BCUT2D eigenvalue weighted by atomic mass is 10.3. The molecule has 0 radical (unpaired) electrons. The van der Waals surface area contributed by atoms with Gasteiger partial charge in [0.15, 0.2) is 0 Å². The fourth-order valence-electron chi connectivity index (χ4n) is 0.490. The molecular weight excluding hydrogens is 110 g/mol. The summed E-state index contributed by atoms with van der Waals surface area (Å²) in [5.74, 6) is 0. The maximum atomic E-state index is 3.80. The quantitative estimate of drug-likeness (QED) is 0.404. The van der Waals surface area contributed by atoms with E-state index in [-0.39, 0.29) is 0 Å². The van der Waals surface area contributed by atoms with Crippen molar-refractivity contribution in [1.29, 1.82) is 0 Å². The molecule has 0 heterocycles. The normalized spacial score (nSPS) is 12.4. The summed E-state index contributed by atoms with van der Waals surface area (Å²) in [6.45, 7) is 7.47. The Balaban J connectivity index is 3.90. The van der Waals surface area contributed by atoms with Crippen molar-refractivity contribution in [3.63, 3.8) is 0 Å². The molecule has 0 aliphatic carbocycles. The highest BCUT2D eigenvalue weighted by Gasteiger charge is 1.81. The van der Waals surface area contributed by atoms with Gasteiger partial charge in [-0.2, -0.15) is 0 Å². The van der Waals surface area contributed by atoms with Gasteiger partial charge < -0.3 is 0 Å². The van der Waals surface area contributed by atoms with Crippen LogP contribution in [-0.2, 0) is 0 Å². The molecule has 0 bridgehead atoms. The minimum Gasteiger partial charge on any atom is -0.269 e. The Hall–Kier alpha value is -0.850. The molecule has 1 nitrogen and oxygen atoms in total. The smallest absolute Gasteiger partial charge is 0.0393 e. The lowest BCUT2D eigenvalue weighted by molar-refractivity contribution is 1.07. The Morgan fingerprint density at radius 2 is 2.33 bits per heavy atom. The lowest BCUT2D eigenvalue weighted by Crippen LogP contribution is -1.70. The molecule has 0 aliphatic heterocycles. The van der Waals surface area contributed by atoms with E-state index in [0.717, 1.165) is 12.1 Å². The standard InChI is InChI=1S/C8H13N/c1-4-6-7-8(5-2)9-3/h4,6-7H,3,5H2,1-2H3. The van der Waals surface area contributed by atoms with E-state index in [2.05, 4.69) is 18.6 Å². The fourth-order valence-corrected chi connectivity index (χ4v) is 0.490. The molecule has 0 saturated carbocycles. The van der Waals surface area contributed by atoms with Crippen LogP contribution < -0.4 is 0 Å². The third-order valence-corrected chi connectivity index (χ3v) is 1.05. The molecule has 0 aromatic carbocycles. The third-order valence-electron chi connectivity index (χ3n) is 1.05. The molecule has 0 saturated heterocycles. The van der Waals surface area contributed by atoms with E-state index in [1.165, 1.54) is 0 Å². The maximum Gasteiger partial charge on any atom is 0.0393 e. The Morgan fingerprint density at radius 3 is 2.67 bits per heavy atom. The summed E-state index contributed by atoms with van der Waals surface area (Å²) in [5, 5.41) is 0. The van der Waals surface area contributed by atoms with E-state index in [1.807, 2.05) is 25.2 Å². The molecule has 9 heavy (non-hydrogen) atoms. The molecule has 0 spiro atoms. The second-order valence-corrected chi connectivity index (χ2v) is 1.70. The van der Waals surface area contributed by atoms with E-state index in [0.29, 0.717) is 0 Å². The van der Waals surface area contributed by atoms with Gasteiger partial charge in [-0.1, -0.05) is 19.1 Å². The SMILES string of the molecule is C=NC(=CC=CC)CC. The molecule has 50 valence electrons. The van der Waals surface area contributed by atoms with Gasteiger partial charge in [-0.3, -0.25) is 4.99 Å². The summed E-state index contributed by atoms with van der Waals surface area (Å²) >= 11 is 0. The Kier molecular flexibility index (Phi) is 4.79. The summed E-state index contributed by atoms with van der Waals surface area (Å²) in [4.78, 5) is 3.80. The molecule has 0 fully saturated rings. The molecule has 1 heteroatoms. The molecule has 0 N–H and O–H groups in total. The Morgan fingerprint density at radius 1 is 1.67 bits per heavy atom. The topological polar surface area (TPSA) is 12.4 Å². The van der Waals surface area contributed by atoms with E-state index in [1.54, 1.807) is 0 Å². The number of hydrogen-bond donors (Lipinski definition) is 0. The minimum absolute atomic E-state index is 0.952. The van der Waals surface area contributed by atoms with Crippen molar-refractivity contribution in [1.82, 2.24) is 0 Å². The van der Waals surface area contributed by atoms with Gasteiger partial charge >= 0.3 is 0 Å². The van der Waals surface area contributed by atoms with Crippen LogP contribution in [0.25, 0.3) is 0 Å². The van der Waals surface area contributed by atoms with Crippen molar-refractivity contribution < 1.29 is 0 Å². The molecule has 0 aromatic rings. The summed E-state index contributed by atoms with van der Waals surface area (Å²) in [6.07, 6.45) is 6.86. The van der Waals surface area contributed by atoms with Crippen LogP contribution in [0.5, 0.6) is 0 Å². The van der Waals surface area contributed by atoms with E-state index in [4.69, 9.17) is 0 Å². The number of rotatable bonds is 3. The number of aliphatic imine (C=N–C) groups is 1. The zero-order chi connectivity index (χ0) is 7.11. The first kappa shape index (κ1) is 8.15. The fraction of sp³-hybridized carbons (Fsp3) is 0.375. The highest BCUT2D eigenvalue weighted by atomic mass is 14.7. The van der Waals surface area contributed by atoms with Crippen LogP contribution in [0.3, 0.4) is 0 Å². The largest absolute Gasteiger partial charge is 0.269 e. The Bertz CT molecular complexity index is 132. The van der Waals surface area contributed by atoms with Crippen molar-refractivity contribution in [2.75, 3.05) is 0 Å². The van der Waals surface area contributed by atoms with Crippen molar-refractivity contribution in [3.05, 3.63) is 23.9 Å². The van der Waals surface area contributed by atoms with Crippen LogP contribution in [-0.4, -0.2) is 6.72 Å². The van der Waals surface area contributed by atoms with Gasteiger partial charge in [0.2, 0.25) is 0 Å². The number of nitrogens with zero attached hydrogens (tertiary/aromatic N) is 1. The number of hydrogen-bond acceptors (Lipinski definition) is 1. The first-order valence-electron chi connectivity index (χ1n) is 3.13. The van der Waals surface area contributed by atoms with E-state index >= 15 is 0 Å². The molecule has 0 unspecified atom stereocenters.